The molecule has 1 heterocycles. The monoisotopic (exact) mass is 1320 g/mol. The van der Waals surface area contributed by atoms with E-state index in [1.54, 1.807) is 0 Å². The highest BCUT2D eigenvalue weighted by atomic mass is 32.1. The first-order chi connectivity index (χ1) is 44.9. The molecule has 0 spiro atoms. The van der Waals surface area contributed by atoms with E-state index in [4.69, 9.17) is 67.8 Å². The number of hydrogen-bond donors (Lipinski definition) is 8. The minimum absolute atomic E-state index is 0.0445. The third kappa shape index (κ3) is 21.7. The molecule has 0 amide bonds. The second-order valence-electron chi connectivity index (χ2n) is 21.6. The molecular formula is C68H76N12O8S4. The smallest absolute Gasteiger partial charge is 0.320 e. The number of nitrogens with zero attached hydrogens (tertiary/aromatic N) is 4. The standard InChI is InChI=1S/C68H76N12O8S4/c81-61(85-41-29-69-65(89)73-57-25-9-17-49-13-1-5-21-53(49)57)45-77-33-35-78(46-62(82)86-42-30-70-66(90)74-58-26-10-18-50-14-2-6-22-54(50)58)37-39-80(48-64(84)88-44-32-72-68(92)76-60-28-12-20-52-16-4-8-24-56(52)60)40-38-79(36-34-77)47-63(83)87-43-31-71-67(91)75-59-27-11-19-51-15-3-7-23-55(51)59/h1-28H,29-48H2,(H2,69,73,89)(H2,70,74,90)(H2,71,75,91)(H2,72,76,92). The molecule has 24 heteroatoms. The van der Waals surface area contributed by atoms with Gasteiger partial charge in [0, 0.05) is 96.7 Å². The molecule has 480 valence electrons. The number of carbonyl (C=O) groups excluding carboxylic acids is 4. The summed E-state index contributed by atoms with van der Waals surface area (Å²) in [5.74, 6) is -1.86. The number of benzene rings is 8. The fourth-order valence-corrected chi connectivity index (χ4v) is 11.3. The van der Waals surface area contributed by atoms with Gasteiger partial charge in [-0.1, -0.05) is 146 Å². The Morgan fingerprint density at radius 2 is 0.489 bits per heavy atom. The molecule has 1 fully saturated rings. The number of anilines is 4. The maximum absolute atomic E-state index is 13.7. The van der Waals surface area contributed by atoms with Gasteiger partial charge < -0.3 is 61.5 Å². The zero-order valence-electron chi connectivity index (χ0n) is 51.0. The Morgan fingerprint density at radius 3 is 0.707 bits per heavy atom. The van der Waals surface area contributed by atoms with Crippen LogP contribution >= 0.6 is 48.9 Å². The van der Waals surface area contributed by atoms with Crippen LogP contribution in [0.5, 0.6) is 0 Å². The maximum atomic E-state index is 13.7. The average molecular weight is 1320 g/mol. The third-order valence-corrected chi connectivity index (χ3v) is 16.1. The Bertz CT molecular complexity index is 3340. The summed E-state index contributed by atoms with van der Waals surface area (Å²) in [6.45, 7) is 3.55. The van der Waals surface area contributed by atoms with Crippen molar-refractivity contribution in [2.45, 2.75) is 0 Å². The van der Waals surface area contributed by atoms with Crippen molar-refractivity contribution in [1.82, 2.24) is 40.9 Å². The highest BCUT2D eigenvalue weighted by Gasteiger charge is 2.24. The van der Waals surface area contributed by atoms with E-state index in [9.17, 15) is 19.2 Å². The first-order valence-electron chi connectivity index (χ1n) is 30.5. The Hall–Kier alpha value is -8.72. The van der Waals surface area contributed by atoms with Gasteiger partial charge in [-0.25, -0.2) is 0 Å². The lowest BCUT2D eigenvalue weighted by Crippen LogP contribution is -2.49. The fourth-order valence-electron chi connectivity index (χ4n) is 10.4. The number of thiocarbonyl (C=S) groups is 4. The van der Waals surface area contributed by atoms with Crippen molar-refractivity contribution in [3.63, 3.8) is 0 Å². The van der Waals surface area contributed by atoms with E-state index < -0.39 is 23.9 Å². The molecule has 9 rings (SSSR count). The van der Waals surface area contributed by atoms with Crippen molar-refractivity contribution in [3.8, 4) is 0 Å². The summed E-state index contributed by atoms with van der Waals surface area (Å²) < 4.78 is 23.0. The SMILES string of the molecule is O=C(CN1CCN(CC(=O)OCCNC(=S)Nc2cccc3ccccc23)CCN(CC(=O)OCCNC(=S)Nc2cccc3ccccc23)CCN(CC(=O)OCCNC(=S)Nc2cccc3ccccc23)CC1)OCCNC(=S)Nc1cccc2ccccc12. The van der Waals surface area contributed by atoms with Crippen LogP contribution in [0, 0.1) is 0 Å². The van der Waals surface area contributed by atoms with Gasteiger partial charge in [0.25, 0.3) is 0 Å². The maximum Gasteiger partial charge on any atom is 0.320 e. The summed E-state index contributed by atoms with van der Waals surface area (Å²) in [5, 5.41) is 35.4. The van der Waals surface area contributed by atoms with Gasteiger partial charge in [0.1, 0.15) is 26.4 Å². The lowest BCUT2D eigenvalue weighted by atomic mass is 10.1. The summed E-state index contributed by atoms with van der Waals surface area (Å²) in [7, 11) is 0. The van der Waals surface area contributed by atoms with Crippen LogP contribution in [0.15, 0.2) is 170 Å². The van der Waals surface area contributed by atoms with Crippen molar-refractivity contribution in [3.05, 3.63) is 170 Å². The molecule has 0 aromatic heterocycles. The number of rotatable bonds is 24. The molecule has 0 radical (unpaired) electrons. The van der Waals surface area contributed by atoms with E-state index >= 15 is 0 Å². The molecule has 1 saturated heterocycles. The van der Waals surface area contributed by atoms with Crippen LogP contribution in [0.3, 0.4) is 0 Å². The van der Waals surface area contributed by atoms with E-state index in [1.165, 1.54) is 0 Å². The van der Waals surface area contributed by atoms with Gasteiger partial charge in [0.15, 0.2) is 20.4 Å². The van der Waals surface area contributed by atoms with E-state index in [1.807, 2.05) is 189 Å². The minimum atomic E-state index is -0.466. The van der Waals surface area contributed by atoms with E-state index in [2.05, 4.69) is 42.5 Å². The van der Waals surface area contributed by atoms with Gasteiger partial charge in [-0.15, -0.1) is 0 Å². The van der Waals surface area contributed by atoms with Gasteiger partial charge in [-0.05, 0) is 94.7 Å². The van der Waals surface area contributed by atoms with Crippen molar-refractivity contribution in [2.24, 2.45) is 0 Å². The molecule has 0 atom stereocenters. The van der Waals surface area contributed by atoms with Crippen molar-refractivity contribution < 1.29 is 38.1 Å². The summed E-state index contributed by atoms with van der Waals surface area (Å²) >= 11 is 22.4. The Kier molecular flexibility index (Phi) is 26.3. The molecule has 0 bridgehead atoms. The number of nitrogens with one attached hydrogen (secondary N) is 8. The second kappa shape index (κ2) is 35.8. The predicted molar refractivity (Wildman–Crippen MR) is 382 cm³/mol. The van der Waals surface area contributed by atoms with Gasteiger partial charge in [-0.2, -0.15) is 0 Å². The van der Waals surface area contributed by atoms with Crippen LogP contribution in [0.25, 0.3) is 43.1 Å². The van der Waals surface area contributed by atoms with Crippen LogP contribution in [-0.4, -0.2) is 195 Å². The molecule has 1 aliphatic rings. The highest BCUT2D eigenvalue weighted by molar-refractivity contribution is 7.81. The Balaban J connectivity index is 0.815. The zero-order valence-corrected chi connectivity index (χ0v) is 54.3. The molecule has 8 N–H and O–H groups in total. The van der Waals surface area contributed by atoms with Crippen LogP contribution in [-0.2, 0) is 38.1 Å². The molecule has 0 saturated carbocycles. The Labute approximate surface area is 557 Å². The topological polar surface area (TPSA) is 214 Å². The summed E-state index contributed by atoms with van der Waals surface area (Å²) in [5.41, 5.74) is 3.41. The van der Waals surface area contributed by atoms with E-state index in [0.29, 0.717) is 72.8 Å². The number of carbonyl (C=O) groups is 4. The molecule has 92 heavy (non-hydrogen) atoms. The second-order valence-corrected chi connectivity index (χ2v) is 23.2. The van der Waals surface area contributed by atoms with Crippen molar-refractivity contribution in [1.29, 1.82) is 0 Å². The van der Waals surface area contributed by atoms with Gasteiger partial charge in [-0.3, -0.25) is 38.8 Å². The van der Waals surface area contributed by atoms with E-state index in [0.717, 1.165) is 65.8 Å². The molecule has 1 aliphatic heterocycles. The number of esters is 4. The van der Waals surface area contributed by atoms with Crippen molar-refractivity contribution in [2.75, 3.05) is 152 Å². The van der Waals surface area contributed by atoms with Gasteiger partial charge in [0.2, 0.25) is 0 Å². The van der Waals surface area contributed by atoms with Crippen LogP contribution < -0.4 is 42.5 Å². The molecule has 20 nitrogen and oxygen atoms in total. The molecule has 0 aliphatic carbocycles. The molecular weight excluding hydrogens is 1240 g/mol. The molecule has 8 aromatic carbocycles. The largest absolute Gasteiger partial charge is 0.463 e. The minimum Gasteiger partial charge on any atom is -0.463 e. The Morgan fingerprint density at radius 1 is 0.293 bits per heavy atom. The zero-order chi connectivity index (χ0) is 64.3. The lowest BCUT2D eigenvalue weighted by Gasteiger charge is -2.33. The van der Waals surface area contributed by atoms with Gasteiger partial charge in [0.05, 0.1) is 52.4 Å². The normalized spacial score (nSPS) is 13.6. The summed E-state index contributed by atoms with van der Waals surface area (Å²) in [4.78, 5) is 62.4. The quantitative estimate of drug-likeness (QED) is 0.0125. The molecule has 8 aromatic rings. The van der Waals surface area contributed by atoms with Crippen LogP contribution in [0.4, 0.5) is 22.7 Å². The average Bonchev–Trinajstić information content (AvgIpc) is 1.23. The van der Waals surface area contributed by atoms with Gasteiger partial charge >= 0.3 is 23.9 Å². The van der Waals surface area contributed by atoms with Crippen molar-refractivity contribution >= 4 is 159 Å². The summed E-state index contributed by atoms with van der Waals surface area (Å²) in [6.07, 6.45) is 0. The third-order valence-electron chi connectivity index (χ3n) is 15.1. The number of fused-ring (bicyclic) bond motifs is 4. The first kappa shape index (κ1) is 67.7. The highest BCUT2D eigenvalue weighted by Crippen LogP contribution is 2.26. The number of hydrogen-bond acceptors (Lipinski definition) is 16. The predicted octanol–water partition coefficient (Wildman–Crippen LogP) is 7.94. The lowest BCUT2D eigenvalue weighted by molar-refractivity contribution is -0.147. The van der Waals surface area contributed by atoms with Crippen LogP contribution in [0.1, 0.15) is 0 Å². The fraction of sp³-hybridized carbons (Fsp3) is 0.294. The van der Waals surface area contributed by atoms with Crippen LogP contribution in [0.2, 0.25) is 0 Å². The molecule has 0 unspecified atom stereocenters. The van der Waals surface area contributed by atoms with E-state index in [-0.39, 0.29) is 78.8 Å². The number of ether oxygens (including phenoxy) is 4. The first-order valence-corrected chi connectivity index (χ1v) is 32.1. The summed E-state index contributed by atoms with van der Waals surface area (Å²) in [6, 6.07) is 55.7.